The summed E-state index contributed by atoms with van der Waals surface area (Å²) in [5.74, 6) is 0. The standard InChI is InChI=1S/C18H14N2O4/c1-11-3-5-12(6-4-11)20-15(21)9-7-13-14(8-10-16(20)22)18(24)19(2)17(13)23/h3-10H,1-2H3. The van der Waals surface area contributed by atoms with Gasteiger partial charge < -0.3 is 0 Å². The summed E-state index contributed by atoms with van der Waals surface area (Å²) in [6, 6.07) is 11.7. The van der Waals surface area contributed by atoms with Gasteiger partial charge in [0, 0.05) is 19.2 Å². The second-order valence-corrected chi connectivity index (χ2v) is 5.51. The molecule has 2 aliphatic rings. The number of hydrogen-bond donors (Lipinski definition) is 0. The molecule has 6 nitrogen and oxygen atoms in total. The summed E-state index contributed by atoms with van der Waals surface area (Å²) < 4.78 is 1.95. The van der Waals surface area contributed by atoms with Gasteiger partial charge in [0.25, 0.3) is 22.2 Å². The highest BCUT2D eigenvalue weighted by Crippen LogP contribution is 2.04. The maximum atomic E-state index is 12.4. The van der Waals surface area contributed by atoms with Crippen molar-refractivity contribution in [2.24, 2.45) is 7.05 Å². The van der Waals surface area contributed by atoms with E-state index in [1.54, 1.807) is 24.3 Å². The van der Waals surface area contributed by atoms with Gasteiger partial charge in [-0.25, -0.2) is 4.57 Å². The van der Waals surface area contributed by atoms with Crippen LogP contribution in [0.1, 0.15) is 5.56 Å². The molecule has 2 heterocycles. The van der Waals surface area contributed by atoms with Crippen molar-refractivity contribution in [3.63, 3.8) is 0 Å². The highest BCUT2D eigenvalue weighted by molar-refractivity contribution is 5.34. The van der Waals surface area contributed by atoms with Crippen molar-refractivity contribution in [2.45, 2.75) is 6.92 Å². The Bertz CT molecular complexity index is 1170. The normalized spacial score (nSPS) is 10.8. The Morgan fingerprint density at radius 1 is 0.667 bits per heavy atom. The molecule has 0 bridgehead atoms. The monoisotopic (exact) mass is 322 g/mol. The molecule has 0 unspecified atom stereocenters. The summed E-state index contributed by atoms with van der Waals surface area (Å²) in [6.45, 7) is 1.90. The molecule has 0 aliphatic carbocycles. The zero-order valence-electron chi connectivity index (χ0n) is 13.1. The van der Waals surface area contributed by atoms with Crippen molar-refractivity contribution in [3.8, 4) is 5.69 Å². The number of nitrogens with zero attached hydrogens (tertiary/aromatic N) is 2. The molecule has 3 rings (SSSR count). The zero-order valence-corrected chi connectivity index (χ0v) is 13.1. The van der Waals surface area contributed by atoms with Gasteiger partial charge in [-0.1, -0.05) is 17.7 Å². The molecule has 0 saturated heterocycles. The average Bonchev–Trinajstić information content (AvgIpc) is 2.79. The molecular weight excluding hydrogens is 308 g/mol. The maximum absolute atomic E-state index is 12.4. The molecule has 0 saturated carbocycles. The summed E-state index contributed by atoms with van der Waals surface area (Å²) in [5, 5.41) is 0.205. The Hall–Kier alpha value is -3.28. The van der Waals surface area contributed by atoms with Crippen LogP contribution in [-0.2, 0) is 7.05 Å². The van der Waals surface area contributed by atoms with Crippen molar-refractivity contribution in [3.05, 3.63) is 106 Å². The molecule has 0 N–H and O–H groups in total. The van der Waals surface area contributed by atoms with E-state index in [1.807, 2.05) is 6.92 Å². The third-order valence-electron chi connectivity index (χ3n) is 3.88. The maximum Gasteiger partial charge on any atom is 0.261 e. The van der Waals surface area contributed by atoms with Crippen LogP contribution in [0.15, 0.2) is 67.7 Å². The first-order chi connectivity index (χ1) is 11.4. The Labute approximate surface area is 135 Å². The van der Waals surface area contributed by atoms with Crippen LogP contribution in [0.3, 0.4) is 0 Å². The number of rotatable bonds is 1. The van der Waals surface area contributed by atoms with Gasteiger partial charge in [0.15, 0.2) is 0 Å². The third-order valence-corrected chi connectivity index (χ3v) is 3.88. The number of aromatic nitrogens is 2. The van der Waals surface area contributed by atoms with E-state index in [1.165, 1.54) is 19.2 Å². The topological polar surface area (TPSA) is 78.1 Å². The minimum absolute atomic E-state index is 0.102. The van der Waals surface area contributed by atoms with E-state index in [9.17, 15) is 19.2 Å². The summed E-state index contributed by atoms with van der Waals surface area (Å²) >= 11 is 0. The Kier molecular flexibility index (Phi) is 3.73. The fourth-order valence-corrected chi connectivity index (χ4v) is 2.52. The van der Waals surface area contributed by atoms with Crippen LogP contribution >= 0.6 is 0 Å². The van der Waals surface area contributed by atoms with E-state index >= 15 is 0 Å². The van der Waals surface area contributed by atoms with Crippen molar-refractivity contribution in [1.29, 1.82) is 0 Å². The molecule has 120 valence electrons. The van der Waals surface area contributed by atoms with Crippen molar-refractivity contribution < 1.29 is 0 Å². The number of hydrogen-bond acceptors (Lipinski definition) is 4. The molecule has 6 heteroatoms. The van der Waals surface area contributed by atoms with E-state index < -0.39 is 22.2 Å². The molecule has 0 radical (unpaired) electrons. The highest BCUT2D eigenvalue weighted by atomic mass is 16.2. The van der Waals surface area contributed by atoms with Gasteiger partial charge in [-0.3, -0.25) is 23.7 Å². The molecule has 0 atom stereocenters. The van der Waals surface area contributed by atoms with Crippen LogP contribution in [-0.4, -0.2) is 9.13 Å². The van der Waals surface area contributed by atoms with Crippen LogP contribution in [0.4, 0.5) is 0 Å². The van der Waals surface area contributed by atoms with Crippen LogP contribution < -0.4 is 22.2 Å². The van der Waals surface area contributed by atoms with E-state index in [2.05, 4.69) is 0 Å². The molecule has 1 aromatic rings. The van der Waals surface area contributed by atoms with Crippen LogP contribution in [0.2, 0.25) is 0 Å². The second-order valence-electron chi connectivity index (χ2n) is 5.51. The Balaban J connectivity index is 2.48. The molecule has 0 fully saturated rings. The molecule has 1 aromatic carbocycles. The fourth-order valence-electron chi connectivity index (χ4n) is 2.52. The fraction of sp³-hybridized carbons (Fsp3) is 0.111. The second kappa shape index (κ2) is 5.73. The molecule has 2 aliphatic heterocycles. The minimum Gasteiger partial charge on any atom is -0.277 e. The van der Waals surface area contributed by atoms with Gasteiger partial charge >= 0.3 is 0 Å². The third kappa shape index (κ3) is 2.48. The summed E-state index contributed by atoms with van der Waals surface area (Å²) in [4.78, 5) is 49.0. The minimum atomic E-state index is -0.586. The Morgan fingerprint density at radius 2 is 1.12 bits per heavy atom. The van der Waals surface area contributed by atoms with E-state index in [0.29, 0.717) is 5.69 Å². The summed E-state index contributed by atoms with van der Waals surface area (Å²) in [5.41, 5.74) is -0.760. The molecule has 24 heavy (non-hydrogen) atoms. The first-order valence-corrected chi connectivity index (χ1v) is 7.27. The van der Waals surface area contributed by atoms with Gasteiger partial charge in [0.1, 0.15) is 0 Å². The van der Waals surface area contributed by atoms with E-state index in [4.69, 9.17) is 0 Å². The smallest absolute Gasteiger partial charge is 0.261 e. The quantitative estimate of drug-likeness (QED) is 0.645. The van der Waals surface area contributed by atoms with E-state index in [0.717, 1.165) is 26.8 Å². The highest BCUT2D eigenvalue weighted by Gasteiger charge is 2.06. The Morgan fingerprint density at radius 3 is 1.58 bits per heavy atom. The number of aryl methyl sites for hydroxylation is 1. The average molecular weight is 322 g/mol. The summed E-state index contributed by atoms with van der Waals surface area (Å²) in [7, 11) is 1.35. The van der Waals surface area contributed by atoms with Gasteiger partial charge in [0.05, 0.1) is 16.1 Å². The SMILES string of the molecule is Cc1ccc(-n2c(=O)ccc3c(=O)n(C)c(=O)c=3ccc2=O)cc1. The molecule has 0 amide bonds. The van der Waals surface area contributed by atoms with Crippen molar-refractivity contribution in [1.82, 2.24) is 9.13 Å². The van der Waals surface area contributed by atoms with Crippen LogP contribution in [0.25, 0.3) is 5.69 Å². The predicted molar refractivity (Wildman–Crippen MR) is 89.9 cm³/mol. The van der Waals surface area contributed by atoms with E-state index in [-0.39, 0.29) is 10.4 Å². The van der Waals surface area contributed by atoms with Gasteiger partial charge in [-0.2, -0.15) is 0 Å². The largest absolute Gasteiger partial charge is 0.277 e. The first kappa shape index (κ1) is 15.6. The summed E-state index contributed by atoms with van der Waals surface area (Å²) in [6.07, 6.45) is 0. The molecular formula is C18H14N2O4. The molecule has 0 aromatic heterocycles. The van der Waals surface area contributed by atoms with Crippen LogP contribution in [0, 0.1) is 17.4 Å². The van der Waals surface area contributed by atoms with Crippen molar-refractivity contribution >= 4 is 0 Å². The van der Waals surface area contributed by atoms with Gasteiger partial charge in [-0.05, 0) is 31.2 Å². The van der Waals surface area contributed by atoms with Crippen LogP contribution in [0.5, 0.6) is 0 Å². The van der Waals surface area contributed by atoms with Crippen molar-refractivity contribution in [2.75, 3.05) is 0 Å². The first-order valence-electron chi connectivity index (χ1n) is 7.27. The lowest BCUT2D eigenvalue weighted by Gasteiger charge is -2.02. The number of benzene rings is 1. The lowest BCUT2D eigenvalue weighted by molar-refractivity contribution is 0.841. The molecule has 0 spiro atoms. The lowest BCUT2D eigenvalue weighted by atomic mass is 10.2. The lowest BCUT2D eigenvalue weighted by Crippen LogP contribution is -2.28. The van der Waals surface area contributed by atoms with Gasteiger partial charge in [-0.15, -0.1) is 0 Å². The zero-order chi connectivity index (χ0) is 17.4. The predicted octanol–water partition coefficient (Wildman–Crippen LogP) is 0.290. The van der Waals surface area contributed by atoms with Gasteiger partial charge in [0.2, 0.25) is 0 Å².